The minimum absolute atomic E-state index is 0.100. The molecule has 1 aliphatic rings. The number of nitrogens with two attached hydrogens (primary N) is 1. The molecule has 1 heterocycles. The van der Waals surface area contributed by atoms with E-state index in [-0.39, 0.29) is 23.0 Å². The SMILES string of the molecule is C[C@@H](Oc1ccc(Cl)cc1Cl)C(=O)NC1CC(C)(C)[NH2+]C(C)(C)C1. The highest BCUT2D eigenvalue weighted by atomic mass is 35.5. The van der Waals surface area contributed by atoms with Crippen molar-refractivity contribution in [1.82, 2.24) is 5.32 Å². The minimum Gasteiger partial charge on any atom is -0.479 e. The van der Waals surface area contributed by atoms with Gasteiger partial charge in [0.2, 0.25) is 0 Å². The summed E-state index contributed by atoms with van der Waals surface area (Å²) in [6.07, 6.45) is 1.23. The van der Waals surface area contributed by atoms with Crippen LogP contribution in [0.4, 0.5) is 0 Å². The predicted molar refractivity (Wildman–Crippen MR) is 97.8 cm³/mol. The van der Waals surface area contributed by atoms with E-state index in [1.54, 1.807) is 25.1 Å². The molecule has 1 aliphatic heterocycles. The summed E-state index contributed by atoms with van der Waals surface area (Å²) in [6.45, 7) is 10.6. The number of benzene rings is 1. The molecule has 0 unspecified atom stereocenters. The first kappa shape index (κ1) is 19.4. The van der Waals surface area contributed by atoms with Crippen molar-refractivity contribution < 1.29 is 14.8 Å². The van der Waals surface area contributed by atoms with Gasteiger partial charge in [0.25, 0.3) is 5.91 Å². The normalized spacial score (nSPS) is 21.1. The van der Waals surface area contributed by atoms with Crippen molar-refractivity contribution >= 4 is 29.1 Å². The molecule has 4 nitrogen and oxygen atoms in total. The number of ether oxygens (including phenoxy) is 1. The van der Waals surface area contributed by atoms with Gasteiger partial charge in [-0.25, -0.2) is 0 Å². The Morgan fingerprint density at radius 3 is 2.38 bits per heavy atom. The fraction of sp³-hybridized carbons (Fsp3) is 0.611. The molecule has 1 aromatic carbocycles. The maximum absolute atomic E-state index is 12.5. The molecule has 3 N–H and O–H groups in total. The summed E-state index contributed by atoms with van der Waals surface area (Å²) in [5, 5.41) is 6.45. The van der Waals surface area contributed by atoms with Gasteiger partial charge in [0.15, 0.2) is 6.10 Å². The monoisotopic (exact) mass is 373 g/mol. The Balaban J connectivity index is 1.98. The van der Waals surface area contributed by atoms with Gasteiger partial charge < -0.3 is 15.4 Å². The molecule has 1 atom stereocenters. The molecule has 0 aromatic heterocycles. The number of carbonyl (C=O) groups excluding carboxylic acids is 1. The molecule has 1 fully saturated rings. The van der Waals surface area contributed by atoms with Gasteiger partial charge in [0.05, 0.1) is 16.1 Å². The maximum atomic E-state index is 12.5. The van der Waals surface area contributed by atoms with E-state index in [1.807, 2.05) is 0 Å². The molecule has 0 radical (unpaired) electrons. The average molecular weight is 374 g/mol. The fourth-order valence-electron chi connectivity index (χ4n) is 3.75. The Morgan fingerprint density at radius 1 is 1.25 bits per heavy atom. The van der Waals surface area contributed by atoms with Gasteiger partial charge >= 0.3 is 0 Å². The van der Waals surface area contributed by atoms with Gasteiger partial charge in [0.1, 0.15) is 5.75 Å². The maximum Gasteiger partial charge on any atom is 0.261 e. The second-order valence-electron chi connectivity index (χ2n) is 8.07. The van der Waals surface area contributed by atoms with Crippen molar-refractivity contribution in [2.75, 3.05) is 0 Å². The van der Waals surface area contributed by atoms with Crippen LogP contribution in [0.1, 0.15) is 47.5 Å². The van der Waals surface area contributed by atoms with E-state index in [0.717, 1.165) is 12.8 Å². The van der Waals surface area contributed by atoms with Crippen LogP contribution < -0.4 is 15.4 Å². The second-order valence-corrected chi connectivity index (χ2v) is 8.91. The lowest BCUT2D eigenvalue weighted by molar-refractivity contribution is -0.787. The smallest absolute Gasteiger partial charge is 0.261 e. The quantitative estimate of drug-likeness (QED) is 0.851. The van der Waals surface area contributed by atoms with Gasteiger partial charge in [0, 0.05) is 23.9 Å². The predicted octanol–water partition coefficient (Wildman–Crippen LogP) is 3.16. The first-order chi connectivity index (χ1) is 11.0. The summed E-state index contributed by atoms with van der Waals surface area (Å²) in [6, 6.07) is 5.11. The first-order valence-corrected chi connectivity index (χ1v) is 9.02. The van der Waals surface area contributed by atoms with E-state index in [1.165, 1.54) is 0 Å². The molecule has 0 spiro atoms. The topological polar surface area (TPSA) is 54.9 Å². The van der Waals surface area contributed by atoms with Crippen LogP contribution in [-0.2, 0) is 4.79 Å². The van der Waals surface area contributed by atoms with Crippen molar-refractivity contribution in [3.05, 3.63) is 28.2 Å². The molecule has 0 aliphatic carbocycles. The molecule has 0 bridgehead atoms. The van der Waals surface area contributed by atoms with Gasteiger partial charge in [-0.05, 0) is 52.8 Å². The summed E-state index contributed by atoms with van der Waals surface area (Å²) < 4.78 is 5.70. The lowest BCUT2D eigenvalue weighted by Gasteiger charge is -2.43. The molecule has 1 saturated heterocycles. The van der Waals surface area contributed by atoms with Crippen molar-refractivity contribution in [2.45, 2.75) is 70.7 Å². The molecule has 1 aromatic rings. The Labute approximate surface area is 154 Å². The number of amides is 1. The van der Waals surface area contributed by atoms with Gasteiger partial charge in [-0.2, -0.15) is 0 Å². The number of carbonyl (C=O) groups is 1. The molecular weight excluding hydrogens is 347 g/mol. The standard InChI is InChI=1S/C18H26Cl2N2O2/c1-11(24-15-7-6-12(19)8-14(15)20)16(23)21-13-9-17(2,3)22-18(4,5)10-13/h6-8,11,13,22H,9-10H2,1-5H3,(H,21,23)/p+1/t11-/m1/s1. The third-order valence-corrected chi connectivity index (χ3v) is 4.77. The highest BCUT2D eigenvalue weighted by Crippen LogP contribution is 2.28. The highest BCUT2D eigenvalue weighted by molar-refractivity contribution is 6.35. The van der Waals surface area contributed by atoms with Gasteiger partial charge in [-0.15, -0.1) is 0 Å². The zero-order chi connectivity index (χ0) is 18.1. The number of rotatable bonds is 4. The van der Waals surface area contributed by atoms with Crippen molar-refractivity contribution in [2.24, 2.45) is 0 Å². The summed E-state index contributed by atoms with van der Waals surface area (Å²) in [7, 11) is 0. The molecule has 24 heavy (non-hydrogen) atoms. The zero-order valence-corrected chi connectivity index (χ0v) is 16.5. The van der Waals surface area contributed by atoms with Crippen molar-refractivity contribution in [3.8, 4) is 5.75 Å². The van der Waals surface area contributed by atoms with Crippen molar-refractivity contribution in [3.63, 3.8) is 0 Å². The van der Waals surface area contributed by atoms with Gasteiger partial charge in [-0.3, -0.25) is 4.79 Å². The van der Waals surface area contributed by atoms with E-state index < -0.39 is 6.10 Å². The number of halogens is 2. The third-order valence-electron chi connectivity index (χ3n) is 4.24. The first-order valence-electron chi connectivity index (χ1n) is 8.27. The molecule has 1 amide bonds. The minimum atomic E-state index is -0.624. The third kappa shape index (κ3) is 5.27. The Kier molecular flexibility index (Phi) is 5.73. The van der Waals surface area contributed by atoms with Crippen LogP contribution >= 0.6 is 23.2 Å². The lowest BCUT2D eigenvalue weighted by Crippen LogP contribution is -3.06. The summed E-state index contributed by atoms with van der Waals surface area (Å²) >= 11 is 12.0. The Bertz CT molecular complexity index is 601. The highest BCUT2D eigenvalue weighted by Gasteiger charge is 2.42. The number of hydrogen-bond donors (Lipinski definition) is 2. The van der Waals surface area contributed by atoms with Crippen LogP contribution in [-0.4, -0.2) is 29.1 Å². The van der Waals surface area contributed by atoms with Crippen LogP contribution in [0.2, 0.25) is 10.0 Å². The molecular formula is C18H27Cl2N2O2+. The number of hydrogen-bond acceptors (Lipinski definition) is 2. The average Bonchev–Trinajstić information content (AvgIpc) is 2.38. The second kappa shape index (κ2) is 7.11. The summed E-state index contributed by atoms with van der Waals surface area (Å²) in [5.74, 6) is 0.334. The summed E-state index contributed by atoms with van der Waals surface area (Å²) in [5.41, 5.74) is 0.201. The van der Waals surface area contributed by atoms with E-state index in [9.17, 15) is 4.79 Å². The van der Waals surface area contributed by atoms with E-state index in [0.29, 0.717) is 15.8 Å². The Hall–Kier alpha value is -0.970. The number of piperidine rings is 1. The summed E-state index contributed by atoms with van der Waals surface area (Å²) in [4.78, 5) is 12.5. The van der Waals surface area contributed by atoms with Crippen LogP contribution in [0.25, 0.3) is 0 Å². The van der Waals surface area contributed by atoms with Crippen LogP contribution in [0.5, 0.6) is 5.75 Å². The molecule has 0 saturated carbocycles. The lowest BCUT2D eigenvalue weighted by atomic mass is 9.79. The molecule has 2 rings (SSSR count). The fourth-order valence-corrected chi connectivity index (χ4v) is 4.21. The molecule has 134 valence electrons. The van der Waals surface area contributed by atoms with E-state index in [2.05, 4.69) is 38.3 Å². The van der Waals surface area contributed by atoms with Crippen LogP contribution in [0.3, 0.4) is 0 Å². The van der Waals surface area contributed by atoms with Crippen LogP contribution in [0, 0.1) is 0 Å². The number of quaternary nitrogens is 1. The zero-order valence-electron chi connectivity index (χ0n) is 15.0. The van der Waals surface area contributed by atoms with Crippen molar-refractivity contribution in [1.29, 1.82) is 0 Å². The largest absolute Gasteiger partial charge is 0.479 e. The van der Waals surface area contributed by atoms with E-state index in [4.69, 9.17) is 27.9 Å². The van der Waals surface area contributed by atoms with E-state index >= 15 is 0 Å². The van der Waals surface area contributed by atoms with Gasteiger partial charge in [-0.1, -0.05) is 23.2 Å². The Morgan fingerprint density at radius 2 is 1.83 bits per heavy atom. The molecule has 6 heteroatoms. The van der Waals surface area contributed by atoms with Crippen LogP contribution in [0.15, 0.2) is 18.2 Å². The number of nitrogens with one attached hydrogen (secondary N) is 1.